The molecule has 0 spiro atoms. The monoisotopic (exact) mass is 396 g/mol. The number of hydrogen-bond acceptors (Lipinski definition) is 3. The standard InChI is InChI=1S/C23H22F2N2O2/c24-16-11-17(25)13-18(12-16)27-22-6-5-21(19-3-1-2-4-20(19)22)23(28)26-14-15-7-9-29-10-8-15/h1-6,11-13,15,27H,7-10,14H2,(H,26,28). The van der Waals surface area contributed by atoms with Crippen LogP contribution in [0.15, 0.2) is 54.6 Å². The molecule has 4 nitrogen and oxygen atoms in total. The first-order chi connectivity index (χ1) is 14.1. The lowest BCUT2D eigenvalue weighted by Gasteiger charge is -2.22. The van der Waals surface area contributed by atoms with Gasteiger partial charge in [-0.05, 0) is 48.4 Å². The van der Waals surface area contributed by atoms with Gasteiger partial charge in [-0.15, -0.1) is 0 Å². The second-order valence-corrected chi connectivity index (χ2v) is 7.26. The van der Waals surface area contributed by atoms with Crippen molar-refractivity contribution in [1.29, 1.82) is 0 Å². The minimum Gasteiger partial charge on any atom is -0.381 e. The van der Waals surface area contributed by atoms with Gasteiger partial charge in [-0.1, -0.05) is 24.3 Å². The van der Waals surface area contributed by atoms with Gasteiger partial charge in [0.25, 0.3) is 5.91 Å². The molecule has 29 heavy (non-hydrogen) atoms. The molecule has 0 radical (unpaired) electrons. The summed E-state index contributed by atoms with van der Waals surface area (Å²) in [5, 5.41) is 7.66. The van der Waals surface area contributed by atoms with E-state index in [9.17, 15) is 13.6 Å². The Morgan fingerprint density at radius 3 is 2.38 bits per heavy atom. The van der Waals surface area contributed by atoms with Crippen molar-refractivity contribution in [3.05, 3.63) is 71.8 Å². The Kier molecular flexibility index (Phi) is 5.71. The van der Waals surface area contributed by atoms with Crippen LogP contribution in [0.5, 0.6) is 0 Å². The minimum absolute atomic E-state index is 0.129. The number of anilines is 2. The molecule has 0 saturated carbocycles. The fraction of sp³-hybridized carbons (Fsp3) is 0.261. The van der Waals surface area contributed by atoms with E-state index in [4.69, 9.17) is 4.74 Å². The van der Waals surface area contributed by atoms with E-state index in [1.54, 1.807) is 12.1 Å². The molecule has 1 fully saturated rings. The van der Waals surface area contributed by atoms with Crippen molar-refractivity contribution in [3.63, 3.8) is 0 Å². The number of fused-ring (bicyclic) bond motifs is 1. The highest BCUT2D eigenvalue weighted by atomic mass is 19.1. The van der Waals surface area contributed by atoms with Gasteiger partial charge >= 0.3 is 0 Å². The zero-order valence-electron chi connectivity index (χ0n) is 15.9. The largest absolute Gasteiger partial charge is 0.381 e. The van der Waals surface area contributed by atoms with Gasteiger partial charge in [0.2, 0.25) is 0 Å². The van der Waals surface area contributed by atoms with E-state index in [0.717, 1.165) is 42.9 Å². The Morgan fingerprint density at radius 2 is 1.66 bits per heavy atom. The van der Waals surface area contributed by atoms with Crippen LogP contribution in [0.25, 0.3) is 10.8 Å². The quantitative estimate of drug-likeness (QED) is 0.637. The van der Waals surface area contributed by atoms with Crippen LogP contribution in [0.3, 0.4) is 0 Å². The number of carbonyl (C=O) groups is 1. The Bertz CT molecular complexity index is 1010. The van der Waals surface area contributed by atoms with E-state index in [0.29, 0.717) is 29.4 Å². The third kappa shape index (κ3) is 4.54. The van der Waals surface area contributed by atoms with Gasteiger partial charge in [-0.25, -0.2) is 8.78 Å². The highest BCUT2D eigenvalue weighted by Crippen LogP contribution is 2.30. The molecule has 1 aliphatic rings. The van der Waals surface area contributed by atoms with Crippen molar-refractivity contribution < 1.29 is 18.3 Å². The maximum absolute atomic E-state index is 13.5. The normalized spacial score (nSPS) is 14.7. The summed E-state index contributed by atoms with van der Waals surface area (Å²) in [5.74, 6) is -0.999. The summed E-state index contributed by atoms with van der Waals surface area (Å²) in [5.41, 5.74) is 1.56. The average Bonchev–Trinajstić information content (AvgIpc) is 2.72. The van der Waals surface area contributed by atoms with Crippen LogP contribution in [0.2, 0.25) is 0 Å². The summed E-state index contributed by atoms with van der Waals surface area (Å²) in [4.78, 5) is 12.8. The second-order valence-electron chi connectivity index (χ2n) is 7.26. The topological polar surface area (TPSA) is 50.4 Å². The molecule has 1 saturated heterocycles. The van der Waals surface area contributed by atoms with Crippen LogP contribution in [0.1, 0.15) is 23.2 Å². The van der Waals surface area contributed by atoms with E-state index >= 15 is 0 Å². The second kappa shape index (κ2) is 8.57. The molecule has 3 aromatic rings. The molecular weight excluding hydrogens is 374 g/mol. The third-order valence-corrected chi connectivity index (χ3v) is 5.20. The van der Waals surface area contributed by atoms with Gasteiger partial charge in [0.15, 0.2) is 0 Å². The maximum atomic E-state index is 13.5. The predicted molar refractivity (Wildman–Crippen MR) is 109 cm³/mol. The number of amides is 1. The zero-order chi connectivity index (χ0) is 20.2. The van der Waals surface area contributed by atoms with Crippen LogP contribution in [0, 0.1) is 17.6 Å². The molecule has 0 aromatic heterocycles. The number of benzene rings is 3. The van der Waals surface area contributed by atoms with Crippen LogP contribution >= 0.6 is 0 Å². The summed E-state index contributed by atoms with van der Waals surface area (Å²) in [6.07, 6.45) is 1.90. The minimum atomic E-state index is -0.652. The summed E-state index contributed by atoms with van der Waals surface area (Å²) in [6.45, 7) is 2.11. The lowest BCUT2D eigenvalue weighted by atomic mass is 9.99. The SMILES string of the molecule is O=C(NCC1CCOCC1)c1ccc(Nc2cc(F)cc(F)c2)c2ccccc12. The number of rotatable bonds is 5. The number of hydrogen-bond donors (Lipinski definition) is 2. The first kappa shape index (κ1) is 19.3. The highest BCUT2D eigenvalue weighted by Gasteiger charge is 2.17. The van der Waals surface area contributed by atoms with E-state index in [1.807, 2.05) is 24.3 Å². The van der Waals surface area contributed by atoms with Gasteiger partial charge in [0.05, 0.1) is 0 Å². The Hall–Kier alpha value is -2.99. The van der Waals surface area contributed by atoms with Gasteiger partial charge in [0, 0.05) is 48.1 Å². The van der Waals surface area contributed by atoms with Crippen molar-refractivity contribution in [2.45, 2.75) is 12.8 Å². The van der Waals surface area contributed by atoms with E-state index < -0.39 is 11.6 Å². The smallest absolute Gasteiger partial charge is 0.251 e. The van der Waals surface area contributed by atoms with Crippen LogP contribution in [0.4, 0.5) is 20.2 Å². The van der Waals surface area contributed by atoms with Crippen LogP contribution in [-0.2, 0) is 4.74 Å². The third-order valence-electron chi connectivity index (χ3n) is 5.20. The molecule has 1 amide bonds. The highest BCUT2D eigenvalue weighted by molar-refractivity contribution is 6.10. The molecule has 150 valence electrons. The van der Waals surface area contributed by atoms with Gasteiger partial charge in [-0.3, -0.25) is 4.79 Å². The fourth-order valence-corrected chi connectivity index (χ4v) is 3.67. The Morgan fingerprint density at radius 1 is 0.966 bits per heavy atom. The number of halogens is 2. The molecule has 6 heteroatoms. The molecule has 0 bridgehead atoms. The molecule has 3 aromatic carbocycles. The van der Waals surface area contributed by atoms with E-state index in [2.05, 4.69) is 10.6 Å². The average molecular weight is 396 g/mol. The number of nitrogens with one attached hydrogen (secondary N) is 2. The van der Waals surface area contributed by atoms with Crippen molar-refractivity contribution in [2.24, 2.45) is 5.92 Å². The zero-order valence-corrected chi connectivity index (χ0v) is 15.9. The van der Waals surface area contributed by atoms with Gasteiger partial charge in [0.1, 0.15) is 11.6 Å². The molecule has 0 atom stereocenters. The summed E-state index contributed by atoms with van der Waals surface area (Å²) >= 11 is 0. The Labute approximate surface area is 167 Å². The lowest BCUT2D eigenvalue weighted by molar-refractivity contribution is 0.0643. The summed E-state index contributed by atoms with van der Waals surface area (Å²) < 4.78 is 32.4. The molecule has 1 heterocycles. The summed E-state index contributed by atoms with van der Waals surface area (Å²) in [7, 11) is 0. The van der Waals surface area contributed by atoms with E-state index in [-0.39, 0.29) is 5.91 Å². The first-order valence-corrected chi connectivity index (χ1v) is 9.71. The molecule has 2 N–H and O–H groups in total. The van der Waals surface area contributed by atoms with Crippen LogP contribution in [-0.4, -0.2) is 25.7 Å². The molecule has 4 rings (SSSR count). The predicted octanol–water partition coefficient (Wildman–Crippen LogP) is 5.02. The fourth-order valence-electron chi connectivity index (χ4n) is 3.67. The van der Waals surface area contributed by atoms with E-state index in [1.165, 1.54) is 12.1 Å². The molecular formula is C23H22F2N2O2. The Balaban J connectivity index is 1.58. The molecule has 0 unspecified atom stereocenters. The first-order valence-electron chi connectivity index (χ1n) is 9.71. The number of ether oxygens (including phenoxy) is 1. The molecule has 0 aliphatic carbocycles. The maximum Gasteiger partial charge on any atom is 0.251 e. The van der Waals surface area contributed by atoms with Crippen molar-refractivity contribution >= 4 is 28.1 Å². The van der Waals surface area contributed by atoms with Gasteiger partial charge < -0.3 is 15.4 Å². The van der Waals surface area contributed by atoms with Crippen molar-refractivity contribution in [3.8, 4) is 0 Å². The van der Waals surface area contributed by atoms with Crippen molar-refractivity contribution in [1.82, 2.24) is 5.32 Å². The summed E-state index contributed by atoms with van der Waals surface area (Å²) in [6, 6.07) is 14.3. The number of carbonyl (C=O) groups excluding carboxylic acids is 1. The van der Waals surface area contributed by atoms with Gasteiger partial charge in [-0.2, -0.15) is 0 Å². The van der Waals surface area contributed by atoms with Crippen LogP contribution < -0.4 is 10.6 Å². The molecule has 1 aliphatic heterocycles. The lowest BCUT2D eigenvalue weighted by Crippen LogP contribution is -2.32. The van der Waals surface area contributed by atoms with Crippen molar-refractivity contribution in [2.75, 3.05) is 25.1 Å².